The van der Waals surface area contributed by atoms with E-state index in [4.69, 9.17) is 4.42 Å². The first-order valence-electron chi connectivity index (χ1n) is 10.3. The zero-order chi connectivity index (χ0) is 19.5. The van der Waals surface area contributed by atoms with Gasteiger partial charge in [0.1, 0.15) is 6.54 Å². The lowest BCUT2D eigenvalue weighted by atomic mass is 10.0. The van der Waals surface area contributed by atoms with Gasteiger partial charge in [0.25, 0.3) is 0 Å². The van der Waals surface area contributed by atoms with E-state index in [9.17, 15) is 14.4 Å². The maximum atomic E-state index is 12.6. The van der Waals surface area contributed by atoms with Crippen LogP contribution in [0.15, 0.2) is 27.4 Å². The monoisotopic (exact) mass is 385 g/mol. The molecule has 0 spiro atoms. The summed E-state index contributed by atoms with van der Waals surface area (Å²) in [5, 5.41) is 2.92. The summed E-state index contributed by atoms with van der Waals surface area (Å²) in [4.78, 5) is 39.0. The van der Waals surface area contributed by atoms with Gasteiger partial charge in [0.15, 0.2) is 5.58 Å². The van der Waals surface area contributed by atoms with E-state index in [1.165, 1.54) is 17.4 Å². The highest BCUT2D eigenvalue weighted by molar-refractivity contribution is 5.93. The van der Waals surface area contributed by atoms with Crippen LogP contribution < -0.4 is 11.1 Å². The topological polar surface area (TPSA) is 84.5 Å². The van der Waals surface area contributed by atoms with E-state index in [0.29, 0.717) is 29.1 Å². The Bertz CT molecular complexity index is 917. The number of amides is 2. The zero-order valence-electron chi connectivity index (χ0n) is 16.1. The van der Waals surface area contributed by atoms with Crippen LogP contribution in [0.5, 0.6) is 0 Å². The summed E-state index contributed by atoms with van der Waals surface area (Å²) in [7, 11) is 0. The number of carbonyl (C=O) groups excluding carboxylic acids is 2. The summed E-state index contributed by atoms with van der Waals surface area (Å²) in [6.07, 6.45) is 8.32. The van der Waals surface area contributed by atoms with Crippen molar-refractivity contribution in [3.63, 3.8) is 0 Å². The van der Waals surface area contributed by atoms with Gasteiger partial charge in [-0.2, -0.15) is 0 Å². The standard InChI is InChI=1S/C21H27N3O4/c25-19(12-15-6-2-3-7-15)22-16-8-9-18-17(13-16)24(21(27)28-18)14-20(26)23-10-4-1-5-11-23/h8-9,13,15H,1-7,10-12,14H2,(H,22,25). The van der Waals surface area contributed by atoms with Crippen molar-refractivity contribution in [1.29, 1.82) is 0 Å². The van der Waals surface area contributed by atoms with Gasteiger partial charge in [0.05, 0.1) is 5.52 Å². The fraction of sp³-hybridized carbons (Fsp3) is 0.571. The number of anilines is 1. The van der Waals surface area contributed by atoms with Crippen LogP contribution in [0, 0.1) is 5.92 Å². The van der Waals surface area contributed by atoms with Crippen molar-refractivity contribution in [3.8, 4) is 0 Å². The molecule has 1 aromatic heterocycles. The van der Waals surface area contributed by atoms with Crippen molar-refractivity contribution in [2.24, 2.45) is 5.92 Å². The smallest absolute Gasteiger partial charge is 0.408 e. The molecule has 0 radical (unpaired) electrons. The molecule has 1 N–H and O–H groups in total. The van der Waals surface area contributed by atoms with Crippen LogP contribution in [0.3, 0.4) is 0 Å². The number of benzene rings is 1. The summed E-state index contributed by atoms with van der Waals surface area (Å²) in [6.45, 7) is 1.45. The molecular formula is C21H27N3O4. The molecule has 2 fully saturated rings. The molecule has 2 amide bonds. The van der Waals surface area contributed by atoms with Crippen molar-refractivity contribution in [2.45, 2.75) is 57.9 Å². The Kier molecular flexibility index (Phi) is 5.50. The zero-order valence-corrected chi connectivity index (χ0v) is 16.1. The minimum Gasteiger partial charge on any atom is -0.408 e. The van der Waals surface area contributed by atoms with E-state index in [1.807, 2.05) is 4.90 Å². The van der Waals surface area contributed by atoms with Crippen molar-refractivity contribution in [1.82, 2.24) is 9.47 Å². The number of aromatic nitrogens is 1. The Hall–Kier alpha value is -2.57. The number of nitrogens with zero attached hydrogens (tertiary/aromatic N) is 2. The van der Waals surface area contributed by atoms with E-state index >= 15 is 0 Å². The van der Waals surface area contributed by atoms with Gasteiger partial charge in [-0.15, -0.1) is 0 Å². The van der Waals surface area contributed by atoms with Crippen LogP contribution in [-0.4, -0.2) is 34.4 Å². The second kappa shape index (κ2) is 8.20. The number of rotatable bonds is 5. The first-order valence-corrected chi connectivity index (χ1v) is 10.3. The molecular weight excluding hydrogens is 358 g/mol. The van der Waals surface area contributed by atoms with Gasteiger partial charge < -0.3 is 14.6 Å². The first kappa shape index (κ1) is 18.8. The van der Waals surface area contributed by atoms with Crippen LogP contribution in [0.2, 0.25) is 0 Å². The molecule has 2 heterocycles. The first-order chi connectivity index (χ1) is 13.6. The van der Waals surface area contributed by atoms with Crippen LogP contribution in [0.1, 0.15) is 51.4 Å². The highest BCUT2D eigenvalue weighted by Gasteiger charge is 2.21. The van der Waals surface area contributed by atoms with Gasteiger partial charge >= 0.3 is 5.76 Å². The van der Waals surface area contributed by atoms with Gasteiger partial charge in [-0.1, -0.05) is 12.8 Å². The lowest BCUT2D eigenvalue weighted by Gasteiger charge is -2.26. The molecule has 1 saturated carbocycles. The van der Waals surface area contributed by atoms with Crippen LogP contribution in [0.25, 0.3) is 11.1 Å². The molecule has 28 heavy (non-hydrogen) atoms. The highest BCUT2D eigenvalue weighted by Crippen LogP contribution is 2.28. The third-order valence-electron chi connectivity index (χ3n) is 5.90. The quantitative estimate of drug-likeness (QED) is 0.857. The lowest BCUT2D eigenvalue weighted by molar-refractivity contribution is -0.132. The summed E-state index contributed by atoms with van der Waals surface area (Å²) < 4.78 is 6.64. The van der Waals surface area contributed by atoms with Crippen molar-refractivity contribution < 1.29 is 14.0 Å². The molecule has 7 heteroatoms. The predicted octanol–water partition coefficient (Wildman–Crippen LogP) is 3.13. The highest BCUT2D eigenvalue weighted by atomic mass is 16.4. The molecule has 0 bridgehead atoms. The van der Waals surface area contributed by atoms with Crippen molar-refractivity contribution in [2.75, 3.05) is 18.4 Å². The van der Waals surface area contributed by atoms with E-state index in [1.54, 1.807) is 18.2 Å². The largest absolute Gasteiger partial charge is 0.420 e. The minimum absolute atomic E-state index is 0.00645. The Balaban J connectivity index is 1.49. The molecule has 2 aliphatic rings. The van der Waals surface area contributed by atoms with E-state index in [2.05, 4.69) is 5.32 Å². The maximum Gasteiger partial charge on any atom is 0.420 e. The fourth-order valence-corrected chi connectivity index (χ4v) is 4.36. The normalized spacial score (nSPS) is 17.9. The third kappa shape index (κ3) is 4.13. The molecule has 1 aliphatic heterocycles. The predicted molar refractivity (Wildman–Crippen MR) is 106 cm³/mol. The van der Waals surface area contributed by atoms with Crippen molar-refractivity contribution >= 4 is 28.6 Å². The van der Waals surface area contributed by atoms with Gasteiger partial charge in [-0.05, 0) is 56.2 Å². The number of fused-ring (bicyclic) bond motifs is 1. The number of oxazole rings is 1. The second-order valence-corrected chi connectivity index (χ2v) is 7.98. The Morgan fingerprint density at radius 1 is 1.07 bits per heavy atom. The molecule has 0 unspecified atom stereocenters. The number of nitrogens with one attached hydrogen (secondary N) is 1. The third-order valence-corrected chi connectivity index (χ3v) is 5.90. The fourth-order valence-electron chi connectivity index (χ4n) is 4.36. The number of carbonyl (C=O) groups is 2. The van der Waals surface area contributed by atoms with Crippen molar-refractivity contribution in [3.05, 3.63) is 28.7 Å². The summed E-state index contributed by atoms with van der Waals surface area (Å²) in [5.41, 5.74) is 1.58. The lowest BCUT2D eigenvalue weighted by Crippen LogP contribution is -2.39. The second-order valence-electron chi connectivity index (χ2n) is 7.98. The Morgan fingerprint density at radius 2 is 1.82 bits per heavy atom. The molecule has 0 atom stereocenters. The summed E-state index contributed by atoms with van der Waals surface area (Å²) in [5.74, 6) is -0.152. The number of hydrogen-bond acceptors (Lipinski definition) is 4. The van der Waals surface area contributed by atoms with Gasteiger partial charge in [-0.25, -0.2) is 4.79 Å². The molecule has 7 nitrogen and oxygen atoms in total. The number of likely N-dealkylation sites (tertiary alicyclic amines) is 1. The van der Waals surface area contributed by atoms with Crippen LogP contribution >= 0.6 is 0 Å². The van der Waals surface area contributed by atoms with E-state index < -0.39 is 5.76 Å². The van der Waals surface area contributed by atoms with Gasteiger partial charge in [0, 0.05) is 25.2 Å². The summed E-state index contributed by atoms with van der Waals surface area (Å²) in [6, 6.07) is 5.12. The molecule has 1 saturated heterocycles. The molecule has 150 valence electrons. The molecule has 2 aromatic rings. The SMILES string of the molecule is O=C(CC1CCCC1)Nc1ccc2oc(=O)n(CC(=O)N3CCCCC3)c2c1. The molecule has 4 rings (SSSR count). The van der Waals surface area contributed by atoms with Gasteiger partial charge in [-0.3, -0.25) is 14.2 Å². The summed E-state index contributed by atoms with van der Waals surface area (Å²) >= 11 is 0. The number of piperidine rings is 1. The van der Waals surface area contributed by atoms with Crippen LogP contribution in [-0.2, 0) is 16.1 Å². The number of hydrogen-bond donors (Lipinski definition) is 1. The Morgan fingerprint density at radius 3 is 2.57 bits per heavy atom. The van der Waals surface area contributed by atoms with Crippen LogP contribution in [0.4, 0.5) is 5.69 Å². The Labute approximate surface area is 163 Å². The maximum absolute atomic E-state index is 12.6. The molecule has 1 aliphatic carbocycles. The minimum atomic E-state index is -0.546. The van der Waals surface area contributed by atoms with Gasteiger partial charge in [0.2, 0.25) is 11.8 Å². The molecule has 1 aromatic carbocycles. The average molecular weight is 385 g/mol. The average Bonchev–Trinajstić information content (AvgIpc) is 3.30. The van der Waals surface area contributed by atoms with E-state index in [0.717, 1.165) is 45.2 Å². The van der Waals surface area contributed by atoms with E-state index in [-0.39, 0.29) is 18.4 Å².